The van der Waals surface area contributed by atoms with E-state index in [2.05, 4.69) is 10.2 Å². The summed E-state index contributed by atoms with van der Waals surface area (Å²) >= 11 is 0. The van der Waals surface area contributed by atoms with Crippen molar-refractivity contribution in [2.75, 3.05) is 0 Å². The summed E-state index contributed by atoms with van der Waals surface area (Å²) in [6, 6.07) is -0.0729. The van der Waals surface area contributed by atoms with Crippen molar-refractivity contribution in [3.05, 3.63) is 17.5 Å². The van der Waals surface area contributed by atoms with E-state index in [0.29, 0.717) is 6.54 Å². The van der Waals surface area contributed by atoms with Gasteiger partial charge in [-0.1, -0.05) is 0 Å². The van der Waals surface area contributed by atoms with Crippen molar-refractivity contribution in [2.45, 2.75) is 19.5 Å². The zero-order chi connectivity index (χ0) is 8.72. The molecule has 2 heterocycles. The second-order valence-corrected chi connectivity index (χ2v) is 2.89. The minimum atomic E-state index is -0.882. The third kappa shape index (κ3) is 0.792. The first-order valence-corrected chi connectivity index (χ1v) is 3.72. The number of hydrogen-bond acceptors (Lipinski definition) is 2. The van der Waals surface area contributed by atoms with Gasteiger partial charge in [-0.15, -0.1) is 0 Å². The van der Waals surface area contributed by atoms with Gasteiger partial charge in [-0.2, -0.15) is 5.10 Å². The smallest absolute Gasteiger partial charge is 0.408 e. The van der Waals surface area contributed by atoms with E-state index in [1.54, 1.807) is 6.20 Å². The summed E-state index contributed by atoms with van der Waals surface area (Å²) in [6.45, 7) is 2.28. The van der Waals surface area contributed by atoms with Gasteiger partial charge >= 0.3 is 6.09 Å². The van der Waals surface area contributed by atoms with Crippen molar-refractivity contribution in [3.63, 3.8) is 0 Å². The molecule has 0 saturated carbocycles. The molecule has 0 aliphatic carbocycles. The second kappa shape index (κ2) is 2.23. The van der Waals surface area contributed by atoms with Crippen LogP contribution in [0.25, 0.3) is 0 Å². The van der Waals surface area contributed by atoms with Crippen molar-refractivity contribution in [1.82, 2.24) is 15.1 Å². The molecule has 0 fully saturated rings. The van der Waals surface area contributed by atoms with Gasteiger partial charge in [0.1, 0.15) is 0 Å². The SMILES string of the molecule is CC1c2cn[nH]c2CN1C(=O)O. The molecule has 1 atom stereocenters. The van der Waals surface area contributed by atoms with Crippen LogP contribution in [0.5, 0.6) is 0 Å². The van der Waals surface area contributed by atoms with E-state index in [0.717, 1.165) is 11.3 Å². The molecule has 0 aromatic carbocycles. The van der Waals surface area contributed by atoms with Crippen LogP contribution in [-0.4, -0.2) is 26.3 Å². The van der Waals surface area contributed by atoms with Gasteiger partial charge in [-0.05, 0) is 6.92 Å². The number of hydrogen-bond donors (Lipinski definition) is 2. The molecule has 0 spiro atoms. The fraction of sp³-hybridized carbons (Fsp3) is 0.429. The number of nitrogens with one attached hydrogen (secondary N) is 1. The normalized spacial score (nSPS) is 21.1. The number of amides is 1. The van der Waals surface area contributed by atoms with Crippen LogP contribution in [0.3, 0.4) is 0 Å². The van der Waals surface area contributed by atoms with E-state index < -0.39 is 6.09 Å². The average molecular weight is 167 g/mol. The minimum Gasteiger partial charge on any atom is -0.465 e. The van der Waals surface area contributed by atoms with E-state index in [1.165, 1.54) is 4.90 Å². The monoisotopic (exact) mass is 167 g/mol. The summed E-state index contributed by atoms with van der Waals surface area (Å²) < 4.78 is 0. The predicted octanol–water partition coefficient (Wildman–Crippen LogP) is 0.964. The van der Waals surface area contributed by atoms with E-state index in [4.69, 9.17) is 5.11 Å². The average Bonchev–Trinajstić information content (AvgIpc) is 2.53. The van der Waals surface area contributed by atoms with Crippen LogP contribution in [0, 0.1) is 0 Å². The number of H-pyrrole nitrogens is 1. The third-order valence-electron chi connectivity index (χ3n) is 2.24. The molecular formula is C7H9N3O2. The van der Waals surface area contributed by atoms with Crippen molar-refractivity contribution >= 4 is 6.09 Å². The molecule has 2 rings (SSSR count). The lowest BCUT2D eigenvalue weighted by Crippen LogP contribution is -2.26. The van der Waals surface area contributed by atoms with Gasteiger partial charge in [0, 0.05) is 5.56 Å². The number of fused-ring (bicyclic) bond motifs is 1. The lowest BCUT2D eigenvalue weighted by atomic mass is 10.2. The van der Waals surface area contributed by atoms with Crippen molar-refractivity contribution in [3.8, 4) is 0 Å². The Hall–Kier alpha value is -1.52. The molecule has 12 heavy (non-hydrogen) atoms. The molecule has 1 aromatic heterocycles. The van der Waals surface area contributed by atoms with Gasteiger partial charge in [-0.3, -0.25) is 10.00 Å². The predicted molar refractivity (Wildman–Crippen MR) is 40.6 cm³/mol. The number of rotatable bonds is 0. The molecule has 5 heteroatoms. The van der Waals surface area contributed by atoms with Gasteiger partial charge in [-0.25, -0.2) is 4.79 Å². The van der Waals surface area contributed by atoms with Gasteiger partial charge in [0.25, 0.3) is 0 Å². The topological polar surface area (TPSA) is 69.2 Å². The maximum absolute atomic E-state index is 10.7. The molecule has 1 aliphatic heterocycles. The molecule has 2 N–H and O–H groups in total. The van der Waals surface area contributed by atoms with Gasteiger partial charge in [0.15, 0.2) is 0 Å². The maximum Gasteiger partial charge on any atom is 0.408 e. The first-order chi connectivity index (χ1) is 5.70. The highest BCUT2D eigenvalue weighted by Gasteiger charge is 2.31. The molecule has 0 radical (unpaired) electrons. The van der Waals surface area contributed by atoms with Crippen LogP contribution in [0.1, 0.15) is 24.2 Å². The Balaban J connectivity index is 2.32. The van der Waals surface area contributed by atoms with E-state index >= 15 is 0 Å². The zero-order valence-electron chi connectivity index (χ0n) is 6.61. The molecule has 64 valence electrons. The first kappa shape index (κ1) is 7.15. The van der Waals surface area contributed by atoms with E-state index in [9.17, 15) is 4.79 Å². The van der Waals surface area contributed by atoms with E-state index in [-0.39, 0.29) is 6.04 Å². The molecule has 1 aliphatic rings. The van der Waals surface area contributed by atoms with Crippen LogP contribution in [0.4, 0.5) is 4.79 Å². The Morgan fingerprint density at radius 3 is 3.25 bits per heavy atom. The highest BCUT2D eigenvalue weighted by molar-refractivity contribution is 5.67. The Morgan fingerprint density at radius 1 is 1.92 bits per heavy atom. The summed E-state index contributed by atoms with van der Waals surface area (Å²) in [5.41, 5.74) is 1.89. The summed E-state index contributed by atoms with van der Waals surface area (Å²) in [5.74, 6) is 0. The van der Waals surface area contributed by atoms with Gasteiger partial charge in [0.05, 0.1) is 24.5 Å². The van der Waals surface area contributed by atoms with Crippen molar-refractivity contribution in [1.29, 1.82) is 0 Å². The summed E-state index contributed by atoms with van der Waals surface area (Å²) in [6.07, 6.45) is 0.801. The van der Waals surface area contributed by atoms with Crippen LogP contribution in [0.15, 0.2) is 6.20 Å². The molecule has 1 aromatic rings. The molecular weight excluding hydrogens is 158 g/mol. The van der Waals surface area contributed by atoms with Crippen LogP contribution < -0.4 is 0 Å². The Bertz CT molecular complexity index is 320. The zero-order valence-corrected chi connectivity index (χ0v) is 6.61. The van der Waals surface area contributed by atoms with E-state index in [1.807, 2.05) is 6.92 Å². The lowest BCUT2D eigenvalue weighted by Gasteiger charge is -2.16. The molecule has 0 saturated heterocycles. The highest BCUT2D eigenvalue weighted by Crippen LogP contribution is 2.31. The van der Waals surface area contributed by atoms with Crippen LogP contribution in [0.2, 0.25) is 0 Å². The number of nitrogens with zero attached hydrogens (tertiary/aromatic N) is 2. The summed E-state index contributed by atoms with van der Waals surface area (Å²) in [4.78, 5) is 12.0. The highest BCUT2D eigenvalue weighted by atomic mass is 16.4. The minimum absolute atomic E-state index is 0.0729. The van der Waals surface area contributed by atoms with Crippen LogP contribution >= 0.6 is 0 Å². The fourth-order valence-electron chi connectivity index (χ4n) is 1.52. The third-order valence-corrected chi connectivity index (χ3v) is 2.24. The molecule has 5 nitrogen and oxygen atoms in total. The molecule has 1 amide bonds. The second-order valence-electron chi connectivity index (χ2n) is 2.89. The summed E-state index contributed by atoms with van der Waals surface area (Å²) in [5, 5.41) is 15.4. The van der Waals surface area contributed by atoms with Gasteiger partial charge < -0.3 is 5.11 Å². The Morgan fingerprint density at radius 2 is 2.67 bits per heavy atom. The van der Waals surface area contributed by atoms with Crippen molar-refractivity contribution in [2.24, 2.45) is 0 Å². The van der Waals surface area contributed by atoms with Crippen LogP contribution in [-0.2, 0) is 6.54 Å². The summed E-state index contributed by atoms with van der Waals surface area (Å²) in [7, 11) is 0. The number of aromatic amines is 1. The molecule has 1 unspecified atom stereocenters. The number of carboxylic acid groups (broad SMARTS) is 1. The Labute approximate surface area is 69.0 Å². The lowest BCUT2D eigenvalue weighted by molar-refractivity contribution is 0.132. The number of aromatic nitrogens is 2. The quantitative estimate of drug-likeness (QED) is 0.604. The maximum atomic E-state index is 10.7. The van der Waals surface area contributed by atoms with Crippen molar-refractivity contribution < 1.29 is 9.90 Å². The molecule has 0 bridgehead atoms. The number of carbonyl (C=O) groups is 1. The van der Waals surface area contributed by atoms with Gasteiger partial charge in [0.2, 0.25) is 0 Å². The first-order valence-electron chi connectivity index (χ1n) is 3.72. The standard InChI is InChI=1S/C7H9N3O2/c1-4-5-2-8-9-6(5)3-10(4)7(11)12/h2,4H,3H2,1H3,(H,8,9)(H,11,12). The fourth-order valence-corrected chi connectivity index (χ4v) is 1.52. The largest absolute Gasteiger partial charge is 0.465 e. The Kier molecular flexibility index (Phi) is 1.33.